The standard InChI is InChI=1S/C9H11ClN2OS/c1-6-4-9(10)12-5-8(6)14(11,13)7-2-3-7/h4-5,7,11H,2-3H2,1H3/t14-/m0/s1. The molecule has 1 atom stereocenters. The van der Waals surface area contributed by atoms with Gasteiger partial charge in [0.1, 0.15) is 5.15 Å². The predicted molar refractivity (Wildman–Crippen MR) is 56.1 cm³/mol. The Bertz CT molecular complexity index is 466. The molecule has 0 radical (unpaired) electrons. The molecule has 0 aromatic carbocycles. The van der Waals surface area contributed by atoms with Gasteiger partial charge in [0, 0.05) is 11.4 Å². The number of rotatable bonds is 2. The number of nitrogens with one attached hydrogen (secondary N) is 1. The molecule has 1 heterocycles. The van der Waals surface area contributed by atoms with E-state index in [9.17, 15) is 4.21 Å². The van der Waals surface area contributed by atoms with Crippen LogP contribution >= 0.6 is 11.6 Å². The SMILES string of the molecule is Cc1cc(Cl)ncc1[S@@](=N)(=O)C1CC1. The van der Waals surface area contributed by atoms with Crippen LogP contribution in [-0.4, -0.2) is 14.4 Å². The Morgan fingerprint density at radius 3 is 2.79 bits per heavy atom. The third-order valence-electron chi connectivity index (χ3n) is 2.35. The van der Waals surface area contributed by atoms with E-state index in [1.54, 1.807) is 6.07 Å². The number of pyridine rings is 1. The molecule has 0 unspecified atom stereocenters. The summed E-state index contributed by atoms with van der Waals surface area (Å²) in [6.45, 7) is 1.82. The van der Waals surface area contributed by atoms with Gasteiger partial charge in [-0.15, -0.1) is 0 Å². The van der Waals surface area contributed by atoms with Gasteiger partial charge in [-0.25, -0.2) is 14.0 Å². The maximum absolute atomic E-state index is 12.1. The zero-order valence-electron chi connectivity index (χ0n) is 7.79. The first-order chi connectivity index (χ1) is 6.51. The minimum atomic E-state index is -2.63. The first-order valence-corrected chi connectivity index (χ1v) is 6.41. The maximum atomic E-state index is 12.1. The molecule has 14 heavy (non-hydrogen) atoms. The van der Waals surface area contributed by atoms with Crippen molar-refractivity contribution in [2.75, 3.05) is 0 Å². The molecule has 0 saturated heterocycles. The van der Waals surface area contributed by atoms with Crippen molar-refractivity contribution in [3.05, 3.63) is 23.0 Å². The van der Waals surface area contributed by atoms with Crippen LogP contribution in [0, 0.1) is 11.7 Å². The first kappa shape index (κ1) is 9.93. The summed E-state index contributed by atoms with van der Waals surface area (Å²) in [6, 6.07) is 1.66. The third-order valence-corrected chi connectivity index (χ3v) is 5.05. The Hall–Kier alpha value is -0.610. The van der Waals surface area contributed by atoms with E-state index < -0.39 is 9.73 Å². The lowest BCUT2D eigenvalue weighted by Gasteiger charge is -2.08. The Morgan fingerprint density at radius 1 is 1.64 bits per heavy atom. The average molecular weight is 231 g/mol. The second-order valence-corrected chi connectivity index (χ2v) is 6.27. The summed E-state index contributed by atoms with van der Waals surface area (Å²) in [5, 5.41) is 0.418. The van der Waals surface area contributed by atoms with E-state index in [2.05, 4.69) is 4.98 Å². The fourth-order valence-corrected chi connectivity index (χ4v) is 3.52. The molecule has 1 aromatic rings. The minimum absolute atomic E-state index is 0.0316. The summed E-state index contributed by atoms with van der Waals surface area (Å²) >= 11 is 5.70. The van der Waals surface area contributed by atoms with Crippen LogP contribution in [0.5, 0.6) is 0 Å². The molecule has 1 aliphatic rings. The van der Waals surface area contributed by atoms with Crippen LogP contribution in [-0.2, 0) is 9.73 Å². The molecule has 76 valence electrons. The average Bonchev–Trinajstić information content (AvgIpc) is 2.84. The van der Waals surface area contributed by atoms with Gasteiger partial charge in [-0.2, -0.15) is 0 Å². The summed E-state index contributed by atoms with van der Waals surface area (Å²) in [4.78, 5) is 4.43. The Balaban J connectivity index is 2.51. The number of hydrogen-bond donors (Lipinski definition) is 1. The molecule has 1 fully saturated rings. The summed E-state index contributed by atoms with van der Waals surface area (Å²) in [5.74, 6) is 0. The summed E-state index contributed by atoms with van der Waals surface area (Å²) < 4.78 is 19.9. The molecule has 5 heteroatoms. The van der Waals surface area contributed by atoms with Gasteiger partial charge < -0.3 is 0 Å². The monoisotopic (exact) mass is 230 g/mol. The van der Waals surface area contributed by atoms with Crippen molar-refractivity contribution in [3.8, 4) is 0 Å². The maximum Gasteiger partial charge on any atom is 0.129 e. The smallest absolute Gasteiger partial charge is 0.129 e. The highest BCUT2D eigenvalue weighted by Crippen LogP contribution is 2.35. The molecule has 0 amide bonds. The van der Waals surface area contributed by atoms with E-state index in [0.29, 0.717) is 10.0 Å². The van der Waals surface area contributed by atoms with Gasteiger partial charge in [-0.1, -0.05) is 11.6 Å². The second-order valence-electron chi connectivity index (χ2n) is 3.57. The molecular formula is C9H11ClN2OS. The van der Waals surface area contributed by atoms with Crippen LogP contribution in [0.2, 0.25) is 5.15 Å². The van der Waals surface area contributed by atoms with Crippen molar-refractivity contribution in [1.29, 1.82) is 4.78 Å². The fourth-order valence-electron chi connectivity index (χ4n) is 1.41. The fraction of sp³-hybridized carbons (Fsp3) is 0.444. The number of halogens is 1. The van der Waals surface area contributed by atoms with Gasteiger partial charge in [0.2, 0.25) is 0 Å². The normalized spacial score (nSPS) is 20.4. The number of nitrogens with zero attached hydrogens (tertiary/aromatic N) is 1. The van der Waals surface area contributed by atoms with E-state index >= 15 is 0 Å². The van der Waals surface area contributed by atoms with E-state index in [0.717, 1.165) is 18.4 Å². The molecule has 2 rings (SSSR count). The van der Waals surface area contributed by atoms with E-state index in [-0.39, 0.29) is 5.25 Å². The molecule has 0 aliphatic heterocycles. The molecule has 3 nitrogen and oxygen atoms in total. The van der Waals surface area contributed by atoms with Gasteiger partial charge in [-0.3, -0.25) is 0 Å². The van der Waals surface area contributed by atoms with Crippen molar-refractivity contribution in [3.63, 3.8) is 0 Å². The third kappa shape index (κ3) is 1.64. The van der Waals surface area contributed by atoms with Gasteiger partial charge in [0.05, 0.1) is 14.6 Å². The Morgan fingerprint density at radius 2 is 2.29 bits per heavy atom. The van der Waals surface area contributed by atoms with E-state index in [1.807, 2.05) is 6.92 Å². The lowest BCUT2D eigenvalue weighted by molar-refractivity contribution is 0.673. The summed E-state index contributed by atoms with van der Waals surface area (Å²) in [7, 11) is -2.63. The number of aromatic nitrogens is 1. The highest BCUT2D eigenvalue weighted by molar-refractivity contribution is 7.93. The second kappa shape index (κ2) is 3.21. The van der Waals surface area contributed by atoms with Gasteiger partial charge in [0.15, 0.2) is 0 Å². The molecule has 0 spiro atoms. The van der Waals surface area contributed by atoms with Crippen molar-refractivity contribution in [2.24, 2.45) is 0 Å². The van der Waals surface area contributed by atoms with Crippen LogP contribution in [0.25, 0.3) is 0 Å². The minimum Gasteiger partial charge on any atom is -0.249 e. The van der Waals surface area contributed by atoms with Crippen LogP contribution in [0.15, 0.2) is 17.2 Å². The highest BCUT2D eigenvalue weighted by atomic mass is 35.5. The Kier molecular flexibility index (Phi) is 2.27. The molecule has 1 N–H and O–H groups in total. The van der Waals surface area contributed by atoms with E-state index in [4.69, 9.17) is 16.4 Å². The largest absolute Gasteiger partial charge is 0.249 e. The van der Waals surface area contributed by atoms with Gasteiger partial charge in [-0.05, 0) is 31.4 Å². The summed E-state index contributed by atoms with van der Waals surface area (Å²) in [6.07, 6.45) is 3.26. The first-order valence-electron chi connectivity index (χ1n) is 4.41. The van der Waals surface area contributed by atoms with Gasteiger partial charge in [0.25, 0.3) is 0 Å². The quantitative estimate of drug-likeness (QED) is 0.794. The predicted octanol–water partition coefficient (Wildman–Crippen LogP) is 2.61. The van der Waals surface area contributed by atoms with Crippen LogP contribution in [0.3, 0.4) is 0 Å². The van der Waals surface area contributed by atoms with E-state index in [1.165, 1.54) is 6.20 Å². The molecule has 0 bridgehead atoms. The zero-order chi connectivity index (χ0) is 10.3. The van der Waals surface area contributed by atoms with Gasteiger partial charge >= 0.3 is 0 Å². The molecular weight excluding hydrogens is 220 g/mol. The topological polar surface area (TPSA) is 53.8 Å². The van der Waals surface area contributed by atoms with Crippen molar-refractivity contribution >= 4 is 21.3 Å². The molecule has 1 aliphatic carbocycles. The molecule has 1 saturated carbocycles. The van der Waals surface area contributed by atoms with Crippen LogP contribution < -0.4 is 0 Å². The van der Waals surface area contributed by atoms with Crippen molar-refractivity contribution < 1.29 is 4.21 Å². The Labute approximate surface area is 88.5 Å². The van der Waals surface area contributed by atoms with Crippen molar-refractivity contribution in [2.45, 2.75) is 29.9 Å². The highest BCUT2D eigenvalue weighted by Gasteiger charge is 2.34. The number of hydrogen-bond acceptors (Lipinski definition) is 3. The molecule has 1 aromatic heterocycles. The van der Waals surface area contributed by atoms with Crippen molar-refractivity contribution in [1.82, 2.24) is 4.98 Å². The van der Waals surface area contributed by atoms with Crippen LogP contribution in [0.4, 0.5) is 0 Å². The summed E-state index contributed by atoms with van der Waals surface area (Å²) in [5.41, 5.74) is 0.803. The lowest BCUT2D eigenvalue weighted by atomic mass is 10.3. The lowest BCUT2D eigenvalue weighted by Crippen LogP contribution is -2.07. The zero-order valence-corrected chi connectivity index (χ0v) is 9.36. The number of aryl methyl sites for hydroxylation is 1. The van der Waals surface area contributed by atoms with Crippen LogP contribution in [0.1, 0.15) is 18.4 Å².